The molecule has 0 bridgehead atoms. The van der Waals surface area contributed by atoms with Gasteiger partial charge < -0.3 is 15.2 Å². The topological polar surface area (TPSA) is 75.6 Å². The molecule has 1 aromatic rings. The molecule has 0 heterocycles. The molecule has 1 amide bonds. The van der Waals surface area contributed by atoms with Crippen molar-refractivity contribution in [1.29, 1.82) is 0 Å². The zero-order valence-electron chi connectivity index (χ0n) is 11.7. The Morgan fingerprint density at radius 3 is 2.55 bits per heavy atom. The number of rotatable bonds is 4. The summed E-state index contributed by atoms with van der Waals surface area (Å²) in [7, 11) is 0. The molecule has 0 saturated heterocycles. The van der Waals surface area contributed by atoms with Gasteiger partial charge in [0, 0.05) is 6.54 Å². The lowest BCUT2D eigenvalue weighted by molar-refractivity contribution is 0.0527. The van der Waals surface area contributed by atoms with Gasteiger partial charge in [0.2, 0.25) is 0 Å². The molecule has 2 N–H and O–H groups in total. The predicted octanol–water partition coefficient (Wildman–Crippen LogP) is 2.59. The lowest BCUT2D eigenvalue weighted by Crippen LogP contribution is -2.33. The van der Waals surface area contributed by atoms with E-state index < -0.39 is 23.5 Å². The van der Waals surface area contributed by atoms with Crippen LogP contribution < -0.4 is 5.32 Å². The minimum atomic E-state index is -1.32. The maximum atomic E-state index is 13.2. The van der Waals surface area contributed by atoms with Crippen molar-refractivity contribution in [2.75, 3.05) is 6.54 Å². The summed E-state index contributed by atoms with van der Waals surface area (Å²) in [4.78, 5) is 22.2. The molecule has 0 spiro atoms. The number of alkyl carbamates (subject to hydrolysis) is 1. The number of carbonyl (C=O) groups is 2. The zero-order valence-corrected chi connectivity index (χ0v) is 11.7. The first-order valence-electron chi connectivity index (χ1n) is 6.17. The number of carboxylic acids is 1. The van der Waals surface area contributed by atoms with Gasteiger partial charge in [-0.25, -0.2) is 14.0 Å². The van der Waals surface area contributed by atoms with E-state index in [1.165, 1.54) is 12.1 Å². The van der Waals surface area contributed by atoms with Crippen LogP contribution >= 0.6 is 0 Å². The molecule has 0 aromatic heterocycles. The maximum Gasteiger partial charge on any atom is 0.407 e. The molecule has 0 unspecified atom stereocenters. The van der Waals surface area contributed by atoms with E-state index in [4.69, 9.17) is 9.84 Å². The number of halogens is 1. The van der Waals surface area contributed by atoms with Crippen LogP contribution in [0.15, 0.2) is 18.2 Å². The number of nitrogens with one attached hydrogen (secondary N) is 1. The van der Waals surface area contributed by atoms with Gasteiger partial charge in [-0.15, -0.1) is 0 Å². The summed E-state index contributed by atoms with van der Waals surface area (Å²) in [6, 6.07) is 3.85. The van der Waals surface area contributed by atoms with E-state index in [2.05, 4.69) is 5.32 Å². The van der Waals surface area contributed by atoms with Crippen LogP contribution in [0, 0.1) is 5.82 Å². The molecule has 0 atom stereocenters. The summed E-state index contributed by atoms with van der Waals surface area (Å²) in [5, 5.41) is 11.4. The molecule has 0 saturated carbocycles. The number of benzene rings is 1. The van der Waals surface area contributed by atoms with Gasteiger partial charge in [0.1, 0.15) is 11.4 Å². The Balaban J connectivity index is 2.53. The highest BCUT2D eigenvalue weighted by molar-refractivity contribution is 5.88. The van der Waals surface area contributed by atoms with Crippen molar-refractivity contribution in [3.63, 3.8) is 0 Å². The maximum absolute atomic E-state index is 13.2. The van der Waals surface area contributed by atoms with Gasteiger partial charge in [0.05, 0.1) is 5.56 Å². The lowest BCUT2D eigenvalue weighted by atomic mass is 10.1. The molecule has 110 valence electrons. The van der Waals surface area contributed by atoms with E-state index in [9.17, 15) is 14.0 Å². The molecule has 0 fully saturated rings. The minimum absolute atomic E-state index is 0.277. The van der Waals surface area contributed by atoms with E-state index in [0.29, 0.717) is 12.0 Å². The number of carbonyl (C=O) groups excluding carboxylic acids is 1. The number of amides is 1. The van der Waals surface area contributed by atoms with Gasteiger partial charge in [-0.2, -0.15) is 0 Å². The molecule has 0 aliphatic carbocycles. The van der Waals surface area contributed by atoms with Crippen molar-refractivity contribution in [3.05, 3.63) is 35.1 Å². The Bertz CT molecular complexity index is 508. The largest absolute Gasteiger partial charge is 0.478 e. The molecule has 6 heteroatoms. The zero-order chi connectivity index (χ0) is 15.3. The number of hydrogen-bond donors (Lipinski definition) is 2. The molecule has 0 aliphatic heterocycles. The highest BCUT2D eigenvalue weighted by Gasteiger charge is 2.15. The predicted molar refractivity (Wildman–Crippen MR) is 71.3 cm³/mol. The third-order valence-corrected chi connectivity index (χ3v) is 2.34. The quantitative estimate of drug-likeness (QED) is 0.890. The summed E-state index contributed by atoms with van der Waals surface area (Å²) >= 11 is 0. The number of hydrogen-bond acceptors (Lipinski definition) is 3. The standard InChI is InChI=1S/C14H18FNO4/c1-14(2,3)20-13(19)16-7-6-9-4-5-11(15)10(8-9)12(17)18/h4-5,8H,6-7H2,1-3H3,(H,16,19)(H,17,18). The summed E-state index contributed by atoms with van der Waals surface area (Å²) in [5.74, 6) is -2.09. The summed E-state index contributed by atoms with van der Waals surface area (Å²) in [5.41, 5.74) is -0.323. The Morgan fingerprint density at radius 1 is 1.35 bits per heavy atom. The van der Waals surface area contributed by atoms with Crippen LogP contribution in [0.3, 0.4) is 0 Å². The van der Waals surface area contributed by atoms with E-state index in [0.717, 1.165) is 6.07 Å². The van der Waals surface area contributed by atoms with E-state index in [1.54, 1.807) is 20.8 Å². The molecular formula is C14H18FNO4. The van der Waals surface area contributed by atoms with Crippen molar-refractivity contribution in [2.45, 2.75) is 32.8 Å². The van der Waals surface area contributed by atoms with Crippen LogP contribution in [0.2, 0.25) is 0 Å². The van der Waals surface area contributed by atoms with Crippen molar-refractivity contribution < 1.29 is 23.8 Å². The fourth-order valence-corrected chi connectivity index (χ4v) is 1.51. The van der Waals surface area contributed by atoms with E-state index in [-0.39, 0.29) is 12.1 Å². The normalized spacial score (nSPS) is 11.0. The first kappa shape index (κ1) is 15.9. The highest BCUT2D eigenvalue weighted by atomic mass is 19.1. The molecular weight excluding hydrogens is 265 g/mol. The Hall–Kier alpha value is -2.11. The lowest BCUT2D eigenvalue weighted by Gasteiger charge is -2.19. The third kappa shape index (κ3) is 5.26. The Labute approximate surface area is 116 Å². The monoisotopic (exact) mass is 283 g/mol. The average Bonchev–Trinajstić information content (AvgIpc) is 2.28. The smallest absolute Gasteiger partial charge is 0.407 e. The van der Waals surface area contributed by atoms with Crippen molar-refractivity contribution in [1.82, 2.24) is 5.32 Å². The third-order valence-electron chi connectivity index (χ3n) is 2.34. The van der Waals surface area contributed by atoms with Gasteiger partial charge in [-0.05, 0) is 44.9 Å². The number of aromatic carboxylic acids is 1. The molecule has 1 rings (SSSR count). The molecule has 0 radical (unpaired) electrons. The summed E-state index contributed by atoms with van der Waals surface area (Å²) in [6.07, 6.45) is -0.155. The Morgan fingerprint density at radius 2 is 2.00 bits per heavy atom. The van der Waals surface area contributed by atoms with Gasteiger partial charge in [-0.3, -0.25) is 0 Å². The number of carboxylic acid groups (broad SMARTS) is 1. The fourth-order valence-electron chi connectivity index (χ4n) is 1.51. The van der Waals surface area contributed by atoms with Gasteiger partial charge in [-0.1, -0.05) is 6.07 Å². The van der Waals surface area contributed by atoms with Crippen LogP contribution in [0.5, 0.6) is 0 Å². The van der Waals surface area contributed by atoms with Crippen molar-refractivity contribution in [2.24, 2.45) is 0 Å². The molecule has 5 nitrogen and oxygen atoms in total. The van der Waals surface area contributed by atoms with E-state index >= 15 is 0 Å². The molecule has 20 heavy (non-hydrogen) atoms. The minimum Gasteiger partial charge on any atom is -0.478 e. The second-order valence-electron chi connectivity index (χ2n) is 5.30. The van der Waals surface area contributed by atoms with Crippen LogP contribution in [0.1, 0.15) is 36.7 Å². The second-order valence-corrected chi connectivity index (χ2v) is 5.30. The van der Waals surface area contributed by atoms with E-state index in [1.807, 2.05) is 0 Å². The van der Waals surface area contributed by atoms with Crippen LogP contribution in [0.4, 0.5) is 9.18 Å². The first-order valence-corrected chi connectivity index (χ1v) is 6.17. The van der Waals surface area contributed by atoms with Crippen molar-refractivity contribution in [3.8, 4) is 0 Å². The van der Waals surface area contributed by atoms with Crippen LogP contribution in [-0.2, 0) is 11.2 Å². The number of ether oxygens (including phenoxy) is 1. The summed E-state index contributed by atoms with van der Waals surface area (Å²) in [6.45, 7) is 5.54. The van der Waals surface area contributed by atoms with Gasteiger partial charge >= 0.3 is 12.1 Å². The van der Waals surface area contributed by atoms with Gasteiger partial charge in [0.15, 0.2) is 0 Å². The Kier molecular flexibility index (Phi) is 5.07. The second kappa shape index (κ2) is 6.36. The molecule has 1 aromatic carbocycles. The SMILES string of the molecule is CC(C)(C)OC(=O)NCCc1ccc(F)c(C(=O)O)c1. The first-order chi connectivity index (χ1) is 9.19. The average molecular weight is 283 g/mol. The summed E-state index contributed by atoms with van der Waals surface area (Å²) < 4.78 is 18.2. The van der Waals surface area contributed by atoms with Crippen LogP contribution in [-0.4, -0.2) is 29.3 Å². The van der Waals surface area contributed by atoms with Crippen LogP contribution in [0.25, 0.3) is 0 Å². The van der Waals surface area contributed by atoms with Gasteiger partial charge in [0.25, 0.3) is 0 Å². The molecule has 0 aliphatic rings. The highest BCUT2D eigenvalue weighted by Crippen LogP contribution is 2.11. The van der Waals surface area contributed by atoms with Crippen molar-refractivity contribution >= 4 is 12.1 Å². The fraction of sp³-hybridized carbons (Fsp3) is 0.429.